The van der Waals surface area contributed by atoms with Crippen LogP contribution in [-0.4, -0.2) is 26.3 Å². The number of halogens is 1. The molecule has 1 aromatic carbocycles. The van der Waals surface area contributed by atoms with Crippen LogP contribution < -0.4 is 5.73 Å². The van der Waals surface area contributed by atoms with Gasteiger partial charge in [-0.3, -0.25) is 0 Å². The first-order valence-electron chi connectivity index (χ1n) is 4.76. The summed E-state index contributed by atoms with van der Waals surface area (Å²) in [5.74, 6) is 1.55. The summed E-state index contributed by atoms with van der Waals surface area (Å²) in [6, 6.07) is 2.16. The zero-order chi connectivity index (χ0) is 13.2. The van der Waals surface area contributed by atoms with E-state index in [1.807, 2.05) is 0 Å². The summed E-state index contributed by atoms with van der Waals surface area (Å²) in [6.45, 7) is 1.39. The molecule has 17 heavy (non-hydrogen) atoms. The first kappa shape index (κ1) is 13.5. The Labute approximate surface area is 100 Å². The van der Waals surface area contributed by atoms with Gasteiger partial charge >= 0.3 is 0 Å². The number of hydrogen-bond acceptors (Lipinski definition) is 3. The average Bonchev–Trinajstić information content (AvgIpc) is 2.25. The number of hydrogen-bond donors (Lipinski definition) is 1. The molecule has 0 saturated heterocycles. The van der Waals surface area contributed by atoms with Crippen LogP contribution in [0.1, 0.15) is 5.56 Å². The van der Waals surface area contributed by atoms with Crippen molar-refractivity contribution >= 4 is 15.7 Å². The van der Waals surface area contributed by atoms with Crippen molar-refractivity contribution in [3.8, 4) is 12.3 Å². The molecule has 0 heterocycles. The van der Waals surface area contributed by atoms with Gasteiger partial charge in [-0.1, -0.05) is 5.92 Å². The summed E-state index contributed by atoms with van der Waals surface area (Å²) >= 11 is 0. The van der Waals surface area contributed by atoms with Crippen molar-refractivity contribution in [2.45, 2.75) is 11.8 Å². The molecular weight excluding hydrogens is 243 g/mol. The van der Waals surface area contributed by atoms with E-state index in [0.717, 1.165) is 10.4 Å². The Morgan fingerprint density at radius 2 is 2.12 bits per heavy atom. The molecule has 0 aliphatic carbocycles. The summed E-state index contributed by atoms with van der Waals surface area (Å²) in [4.78, 5) is -0.198. The molecule has 1 rings (SSSR count). The second-order valence-electron chi connectivity index (χ2n) is 3.58. The fourth-order valence-corrected chi connectivity index (χ4v) is 2.35. The lowest BCUT2D eigenvalue weighted by Crippen LogP contribution is -2.27. The maximum Gasteiger partial charge on any atom is 0.243 e. The molecule has 0 unspecified atom stereocenters. The molecule has 2 N–H and O–H groups in total. The number of nitrogens with two attached hydrogens (primary N) is 1. The molecule has 0 atom stereocenters. The van der Waals surface area contributed by atoms with Crippen molar-refractivity contribution in [2.75, 3.05) is 19.3 Å². The number of terminal acetylenes is 1. The fourth-order valence-electron chi connectivity index (χ4n) is 1.22. The van der Waals surface area contributed by atoms with E-state index in [1.165, 1.54) is 20.0 Å². The van der Waals surface area contributed by atoms with Gasteiger partial charge in [0.15, 0.2) is 0 Å². The monoisotopic (exact) mass is 256 g/mol. The van der Waals surface area contributed by atoms with Gasteiger partial charge in [0.1, 0.15) is 5.82 Å². The van der Waals surface area contributed by atoms with Crippen LogP contribution in [0, 0.1) is 25.1 Å². The maximum atomic E-state index is 13.4. The maximum absolute atomic E-state index is 13.4. The van der Waals surface area contributed by atoms with Crippen LogP contribution in [0.3, 0.4) is 0 Å². The van der Waals surface area contributed by atoms with Gasteiger partial charge in [0.25, 0.3) is 0 Å². The Morgan fingerprint density at radius 3 is 2.59 bits per heavy atom. The van der Waals surface area contributed by atoms with Crippen LogP contribution in [0.2, 0.25) is 0 Å². The summed E-state index contributed by atoms with van der Waals surface area (Å²) < 4.78 is 38.3. The van der Waals surface area contributed by atoms with E-state index in [0.29, 0.717) is 0 Å². The van der Waals surface area contributed by atoms with Gasteiger partial charge in [-0.05, 0) is 19.1 Å². The van der Waals surface area contributed by atoms with Crippen molar-refractivity contribution in [1.82, 2.24) is 4.31 Å². The number of benzene rings is 1. The van der Waals surface area contributed by atoms with Crippen molar-refractivity contribution in [2.24, 2.45) is 0 Å². The minimum absolute atomic E-state index is 0.0856. The molecule has 4 nitrogen and oxygen atoms in total. The third kappa shape index (κ3) is 2.57. The van der Waals surface area contributed by atoms with E-state index < -0.39 is 15.8 Å². The Hall–Kier alpha value is -1.58. The third-order valence-corrected chi connectivity index (χ3v) is 4.16. The third-order valence-electron chi connectivity index (χ3n) is 2.38. The second kappa shape index (κ2) is 4.73. The molecule has 0 aromatic heterocycles. The summed E-state index contributed by atoms with van der Waals surface area (Å²) in [7, 11) is -2.47. The molecule has 0 radical (unpaired) electrons. The van der Waals surface area contributed by atoms with Crippen LogP contribution in [0.5, 0.6) is 0 Å². The number of rotatable bonds is 3. The lowest BCUT2D eigenvalue weighted by Gasteiger charge is -2.15. The molecule has 0 aliphatic heterocycles. The van der Waals surface area contributed by atoms with E-state index >= 15 is 0 Å². The highest BCUT2D eigenvalue weighted by atomic mass is 32.2. The Kier molecular flexibility index (Phi) is 3.76. The highest BCUT2D eigenvalue weighted by Crippen LogP contribution is 2.22. The predicted octanol–water partition coefficient (Wildman–Crippen LogP) is 0.970. The van der Waals surface area contributed by atoms with Gasteiger partial charge in [0, 0.05) is 18.3 Å². The van der Waals surface area contributed by atoms with E-state index in [2.05, 4.69) is 5.92 Å². The van der Waals surface area contributed by atoms with Gasteiger partial charge in [-0.2, -0.15) is 4.31 Å². The van der Waals surface area contributed by atoms with Crippen LogP contribution in [0.25, 0.3) is 0 Å². The van der Waals surface area contributed by atoms with Crippen LogP contribution in [-0.2, 0) is 10.0 Å². The van der Waals surface area contributed by atoms with E-state index in [9.17, 15) is 12.8 Å². The van der Waals surface area contributed by atoms with Crippen LogP contribution in [0.15, 0.2) is 17.0 Å². The highest BCUT2D eigenvalue weighted by Gasteiger charge is 2.22. The highest BCUT2D eigenvalue weighted by molar-refractivity contribution is 7.89. The van der Waals surface area contributed by atoms with Gasteiger partial charge in [-0.25, -0.2) is 12.8 Å². The van der Waals surface area contributed by atoms with Gasteiger partial charge in [-0.15, -0.1) is 6.42 Å². The first-order chi connectivity index (χ1) is 7.80. The molecule has 0 aliphatic rings. The summed E-state index contributed by atoms with van der Waals surface area (Å²) in [6.07, 6.45) is 5.03. The number of nitrogen functional groups attached to an aromatic ring is 1. The molecule has 6 heteroatoms. The lowest BCUT2D eigenvalue weighted by molar-refractivity contribution is 0.501. The molecule has 0 saturated carbocycles. The zero-order valence-corrected chi connectivity index (χ0v) is 10.4. The van der Waals surface area contributed by atoms with E-state index in [-0.39, 0.29) is 22.7 Å². The normalized spacial score (nSPS) is 11.5. The number of anilines is 1. The largest absolute Gasteiger partial charge is 0.398 e. The molecule has 0 amide bonds. The quantitative estimate of drug-likeness (QED) is 0.647. The Balaban J connectivity index is 3.31. The summed E-state index contributed by atoms with van der Waals surface area (Å²) in [5, 5.41) is 0. The van der Waals surface area contributed by atoms with Crippen molar-refractivity contribution in [1.29, 1.82) is 0 Å². The van der Waals surface area contributed by atoms with Crippen molar-refractivity contribution < 1.29 is 12.8 Å². The van der Waals surface area contributed by atoms with Crippen molar-refractivity contribution in [3.63, 3.8) is 0 Å². The molecule has 1 aromatic rings. The minimum Gasteiger partial charge on any atom is -0.398 e. The topological polar surface area (TPSA) is 63.4 Å². The van der Waals surface area contributed by atoms with Gasteiger partial charge in [0.05, 0.1) is 11.4 Å². The standard InChI is InChI=1S/C11H13FN2O2S/c1-4-5-14(3)17(15,16)9-6-10(12)8(2)11(13)7-9/h1,6-7H,5,13H2,2-3H3. The Bertz CT molecular complexity index is 553. The summed E-state index contributed by atoms with van der Waals surface area (Å²) in [5.41, 5.74) is 5.85. The predicted molar refractivity (Wildman–Crippen MR) is 64.2 cm³/mol. The van der Waals surface area contributed by atoms with Gasteiger partial charge in [0.2, 0.25) is 10.0 Å². The first-order valence-corrected chi connectivity index (χ1v) is 6.20. The second-order valence-corrected chi connectivity index (χ2v) is 5.63. The molecular formula is C11H13FN2O2S. The molecule has 0 bridgehead atoms. The molecule has 0 spiro atoms. The number of sulfonamides is 1. The van der Waals surface area contributed by atoms with E-state index in [4.69, 9.17) is 12.2 Å². The van der Waals surface area contributed by atoms with Crippen LogP contribution in [0.4, 0.5) is 10.1 Å². The lowest BCUT2D eigenvalue weighted by atomic mass is 10.2. The Morgan fingerprint density at radius 1 is 1.53 bits per heavy atom. The zero-order valence-electron chi connectivity index (χ0n) is 9.57. The number of nitrogens with zero attached hydrogens (tertiary/aromatic N) is 1. The van der Waals surface area contributed by atoms with E-state index in [1.54, 1.807) is 0 Å². The fraction of sp³-hybridized carbons (Fsp3) is 0.273. The molecule has 92 valence electrons. The van der Waals surface area contributed by atoms with Crippen LogP contribution >= 0.6 is 0 Å². The smallest absolute Gasteiger partial charge is 0.243 e. The van der Waals surface area contributed by atoms with Crippen molar-refractivity contribution in [3.05, 3.63) is 23.5 Å². The van der Waals surface area contributed by atoms with Gasteiger partial charge < -0.3 is 5.73 Å². The average molecular weight is 256 g/mol. The minimum atomic E-state index is -3.79. The molecule has 0 fully saturated rings. The SMILES string of the molecule is C#CCN(C)S(=O)(=O)c1cc(N)c(C)c(F)c1.